The van der Waals surface area contributed by atoms with E-state index in [-0.39, 0.29) is 24.5 Å². The van der Waals surface area contributed by atoms with Crippen molar-refractivity contribution in [2.45, 2.75) is 51.6 Å². The van der Waals surface area contributed by atoms with Crippen LogP contribution in [0.25, 0.3) is 0 Å². The first-order valence-corrected chi connectivity index (χ1v) is 11.9. The second kappa shape index (κ2) is 10.4. The summed E-state index contributed by atoms with van der Waals surface area (Å²) in [6, 6.07) is 6.12. The lowest BCUT2D eigenvalue weighted by Gasteiger charge is -2.27. The van der Waals surface area contributed by atoms with E-state index in [1.54, 1.807) is 38.4 Å². The maximum Gasteiger partial charge on any atom is 0.573 e. The van der Waals surface area contributed by atoms with Crippen LogP contribution in [0.15, 0.2) is 42.7 Å². The summed E-state index contributed by atoms with van der Waals surface area (Å²) in [5.41, 5.74) is -0.740. The van der Waals surface area contributed by atoms with Crippen molar-refractivity contribution < 1.29 is 32.3 Å². The number of ether oxygens (including phenoxy) is 1. The molecule has 9 nitrogen and oxygen atoms in total. The Labute approximate surface area is 212 Å². The van der Waals surface area contributed by atoms with Crippen molar-refractivity contribution in [1.82, 2.24) is 14.8 Å². The monoisotopic (exact) mass is 519 g/mol. The molecule has 0 unspecified atom stereocenters. The number of nitrogens with zero attached hydrogens (tertiary/aromatic N) is 4. The van der Waals surface area contributed by atoms with Crippen molar-refractivity contribution in [3.63, 3.8) is 0 Å². The zero-order valence-electron chi connectivity index (χ0n) is 20.5. The fourth-order valence-corrected chi connectivity index (χ4v) is 4.48. The maximum absolute atomic E-state index is 13.4. The van der Waals surface area contributed by atoms with Gasteiger partial charge in [0.25, 0.3) is 5.91 Å². The SMILES string of the molecule is CC1(C)C(=O)N(c2ccc(OC(F)(F)F)c(NC(=O)CN3CCCCC3)c2)C(=O)N1Cc1ccncc1. The van der Waals surface area contributed by atoms with Gasteiger partial charge >= 0.3 is 12.4 Å². The highest BCUT2D eigenvalue weighted by Gasteiger charge is 2.52. The zero-order valence-corrected chi connectivity index (χ0v) is 20.5. The van der Waals surface area contributed by atoms with Crippen LogP contribution in [0.3, 0.4) is 0 Å². The van der Waals surface area contributed by atoms with Crippen LogP contribution in [-0.4, -0.2) is 64.2 Å². The molecule has 3 heterocycles. The Bertz CT molecular complexity index is 1170. The number of rotatable bonds is 7. The summed E-state index contributed by atoms with van der Waals surface area (Å²) in [7, 11) is 0. The molecule has 1 N–H and O–H groups in total. The molecular weight excluding hydrogens is 491 g/mol. The number of alkyl halides is 3. The van der Waals surface area contributed by atoms with E-state index in [1.165, 1.54) is 11.0 Å². The number of piperidine rings is 1. The third-order valence-corrected chi connectivity index (χ3v) is 6.45. The molecule has 0 spiro atoms. The summed E-state index contributed by atoms with van der Waals surface area (Å²) in [6.45, 7) is 4.76. The van der Waals surface area contributed by atoms with E-state index in [9.17, 15) is 27.6 Å². The number of pyridine rings is 1. The third kappa shape index (κ3) is 6.01. The average Bonchev–Trinajstić information content (AvgIpc) is 3.00. The molecule has 198 valence electrons. The van der Waals surface area contributed by atoms with Crippen LogP contribution in [0, 0.1) is 0 Å². The Morgan fingerprint density at radius 3 is 2.41 bits per heavy atom. The Morgan fingerprint density at radius 1 is 1.08 bits per heavy atom. The molecule has 1 aromatic heterocycles. The van der Waals surface area contributed by atoms with Gasteiger partial charge in [-0.3, -0.25) is 19.5 Å². The van der Waals surface area contributed by atoms with Crippen LogP contribution in [0.2, 0.25) is 0 Å². The van der Waals surface area contributed by atoms with Gasteiger partial charge in [-0.05, 0) is 75.7 Å². The van der Waals surface area contributed by atoms with Crippen LogP contribution in [0.4, 0.5) is 29.3 Å². The summed E-state index contributed by atoms with van der Waals surface area (Å²) >= 11 is 0. The Balaban J connectivity index is 1.61. The predicted octanol–water partition coefficient (Wildman–Crippen LogP) is 4.15. The van der Waals surface area contributed by atoms with Crippen LogP contribution in [-0.2, 0) is 16.1 Å². The fraction of sp³-hybridized carbons (Fsp3) is 0.440. The lowest BCUT2D eigenvalue weighted by atomic mass is 10.0. The highest BCUT2D eigenvalue weighted by molar-refractivity contribution is 6.23. The van der Waals surface area contributed by atoms with Gasteiger partial charge in [-0.2, -0.15) is 0 Å². The first kappa shape index (κ1) is 26.4. The lowest BCUT2D eigenvalue weighted by Crippen LogP contribution is -2.43. The summed E-state index contributed by atoms with van der Waals surface area (Å²) in [5.74, 6) is -1.72. The fourth-order valence-electron chi connectivity index (χ4n) is 4.48. The number of imide groups is 1. The van der Waals surface area contributed by atoms with Gasteiger partial charge in [0.2, 0.25) is 5.91 Å². The van der Waals surface area contributed by atoms with E-state index < -0.39 is 35.5 Å². The molecule has 12 heteroatoms. The Kier molecular flexibility index (Phi) is 7.39. The van der Waals surface area contributed by atoms with Gasteiger partial charge < -0.3 is 15.0 Å². The van der Waals surface area contributed by atoms with Gasteiger partial charge in [0.1, 0.15) is 5.54 Å². The molecule has 0 saturated carbocycles. The first-order chi connectivity index (χ1) is 17.5. The van der Waals surface area contributed by atoms with Crippen molar-refractivity contribution in [3.8, 4) is 5.75 Å². The number of benzene rings is 1. The molecular formula is C25H28F3N5O4. The van der Waals surface area contributed by atoms with E-state index in [1.807, 2.05) is 4.90 Å². The van der Waals surface area contributed by atoms with Gasteiger partial charge in [0.15, 0.2) is 5.75 Å². The summed E-state index contributed by atoms with van der Waals surface area (Å²) in [6.07, 6.45) is 1.08. The third-order valence-electron chi connectivity index (χ3n) is 6.45. The van der Waals surface area contributed by atoms with E-state index in [4.69, 9.17) is 0 Å². The van der Waals surface area contributed by atoms with Gasteiger partial charge in [-0.1, -0.05) is 6.42 Å². The number of carbonyl (C=O) groups excluding carboxylic acids is 3. The highest BCUT2D eigenvalue weighted by Crippen LogP contribution is 2.38. The molecule has 0 aliphatic carbocycles. The number of hydrogen-bond donors (Lipinski definition) is 1. The molecule has 4 rings (SSSR count). The van der Waals surface area contributed by atoms with Gasteiger partial charge in [-0.15, -0.1) is 13.2 Å². The van der Waals surface area contributed by atoms with Crippen molar-refractivity contribution in [2.24, 2.45) is 0 Å². The van der Waals surface area contributed by atoms with Crippen molar-refractivity contribution in [2.75, 3.05) is 29.9 Å². The van der Waals surface area contributed by atoms with Crippen LogP contribution in [0.1, 0.15) is 38.7 Å². The summed E-state index contributed by atoms with van der Waals surface area (Å²) < 4.78 is 43.2. The number of halogens is 3. The number of nitrogens with one attached hydrogen (secondary N) is 1. The standard InChI is InChI=1S/C25H28F3N5O4/c1-24(2)22(35)33(23(36)32(24)15-17-8-10-29-11-9-17)18-6-7-20(37-25(26,27)28)19(14-18)30-21(34)16-31-12-4-3-5-13-31/h6-11,14H,3-5,12-13,15-16H2,1-2H3,(H,30,34). The molecule has 0 bridgehead atoms. The van der Waals surface area contributed by atoms with Crippen LogP contribution < -0.4 is 15.0 Å². The van der Waals surface area contributed by atoms with Gasteiger partial charge in [-0.25, -0.2) is 9.69 Å². The smallest absolute Gasteiger partial charge is 0.404 e. The number of aromatic nitrogens is 1. The van der Waals surface area contributed by atoms with E-state index in [0.29, 0.717) is 0 Å². The molecule has 2 aromatic rings. The number of urea groups is 1. The second-order valence-electron chi connectivity index (χ2n) is 9.54. The number of anilines is 2. The van der Waals surface area contributed by atoms with Crippen molar-refractivity contribution in [3.05, 3.63) is 48.3 Å². The van der Waals surface area contributed by atoms with Gasteiger partial charge in [0, 0.05) is 18.9 Å². The number of likely N-dealkylation sites (tertiary alicyclic amines) is 1. The zero-order chi connectivity index (χ0) is 26.8. The number of hydrogen-bond acceptors (Lipinski definition) is 6. The van der Waals surface area contributed by atoms with Crippen molar-refractivity contribution >= 4 is 29.2 Å². The average molecular weight is 520 g/mol. The second-order valence-corrected chi connectivity index (χ2v) is 9.54. The van der Waals surface area contributed by atoms with Gasteiger partial charge in [0.05, 0.1) is 17.9 Å². The first-order valence-electron chi connectivity index (χ1n) is 11.9. The molecule has 2 aliphatic heterocycles. The van der Waals surface area contributed by atoms with Crippen molar-refractivity contribution in [1.29, 1.82) is 0 Å². The molecule has 0 radical (unpaired) electrons. The Morgan fingerprint density at radius 2 is 1.76 bits per heavy atom. The minimum atomic E-state index is -5.00. The molecule has 37 heavy (non-hydrogen) atoms. The molecule has 0 atom stereocenters. The normalized spacial score (nSPS) is 18.3. The molecule has 1 aromatic carbocycles. The van der Waals surface area contributed by atoms with E-state index in [2.05, 4.69) is 15.0 Å². The molecule has 2 fully saturated rings. The summed E-state index contributed by atoms with van der Waals surface area (Å²) in [5, 5.41) is 2.47. The quantitative estimate of drug-likeness (QED) is 0.553. The predicted molar refractivity (Wildman–Crippen MR) is 129 cm³/mol. The molecule has 2 aliphatic rings. The lowest BCUT2D eigenvalue weighted by molar-refractivity contribution is -0.274. The minimum Gasteiger partial charge on any atom is -0.404 e. The summed E-state index contributed by atoms with van der Waals surface area (Å²) in [4.78, 5) is 47.5. The molecule has 4 amide bonds. The highest BCUT2D eigenvalue weighted by atomic mass is 19.4. The molecule has 2 saturated heterocycles. The largest absolute Gasteiger partial charge is 0.573 e. The van der Waals surface area contributed by atoms with E-state index in [0.717, 1.165) is 54.9 Å². The minimum absolute atomic E-state index is 0.00397. The Hall–Kier alpha value is -3.67. The number of amides is 4. The maximum atomic E-state index is 13.4. The number of carbonyl (C=O) groups is 3. The van der Waals surface area contributed by atoms with Crippen LogP contribution in [0.5, 0.6) is 5.75 Å². The van der Waals surface area contributed by atoms with Crippen LogP contribution >= 0.6 is 0 Å². The van der Waals surface area contributed by atoms with E-state index >= 15 is 0 Å². The topological polar surface area (TPSA) is 95.1 Å².